The van der Waals surface area contributed by atoms with Gasteiger partial charge in [-0.05, 0) is 43.5 Å². The Morgan fingerprint density at radius 2 is 1.89 bits per heavy atom. The Morgan fingerprint density at radius 1 is 1.32 bits per heavy atom. The number of rotatable bonds is 3. The molecule has 7 heteroatoms. The maximum atomic E-state index is 12.0. The molecule has 1 aromatic carbocycles. The Bertz CT molecular complexity index is 640. The third-order valence-electron chi connectivity index (χ3n) is 3.30. The van der Waals surface area contributed by atoms with Crippen LogP contribution in [0.5, 0.6) is 0 Å². The van der Waals surface area contributed by atoms with Gasteiger partial charge in [0.25, 0.3) is 0 Å². The number of nitriles is 1. The Kier molecular flexibility index (Phi) is 3.30. The fraction of sp³-hybridized carbons (Fsp3) is 0.333. The number of hydrogen-bond acceptors (Lipinski definition) is 4. The van der Waals surface area contributed by atoms with Crippen LogP contribution in [-0.4, -0.2) is 14.3 Å². The van der Waals surface area contributed by atoms with Crippen molar-refractivity contribution in [2.75, 3.05) is 5.32 Å². The second-order valence-corrected chi connectivity index (χ2v) is 6.13. The number of hydrogen-bond donors (Lipinski definition) is 2. The van der Waals surface area contributed by atoms with Crippen molar-refractivity contribution in [3.8, 4) is 6.07 Å². The zero-order valence-electron chi connectivity index (χ0n) is 10.1. The summed E-state index contributed by atoms with van der Waals surface area (Å²) in [6.07, 6.45) is 1.99. The van der Waals surface area contributed by atoms with Gasteiger partial charge >= 0.3 is 0 Å². The van der Waals surface area contributed by atoms with E-state index in [9.17, 15) is 13.2 Å². The molecule has 0 heterocycles. The van der Waals surface area contributed by atoms with Crippen LogP contribution in [0, 0.1) is 16.7 Å². The van der Waals surface area contributed by atoms with Crippen LogP contribution in [0.2, 0.25) is 0 Å². The van der Waals surface area contributed by atoms with E-state index in [1.807, 2.05) is 6.07 Å². The van der Waals surface area contributed by atoms with Gasteiger partial charge in [-0.1, -0.05) is 0 Å². The molecule has 0 atom stereocenters. The van der Waals surface area contributed by atoms with Gasteiger partial charge in [0.2, 0.25) is 15.9 Å². The lowest BCUT2D eigenvalue weighted by molar-refractivity contribution is -0.126. The van der Waals surface area contributed by atoms with E-state index in [-0.39, 0.29) is 10.8 Å². The molecule has 0 saturated heterocycles. The van der Waals surface area contributed by atoms with Gasteiger partial charge in [-0.2, -0.15) is 5.26 Å². The van der Waals surface area contributed by atoms with Crippen molar-refractivity contribution in [3.05, 3.63) is 24.3 Å². The highest BCUT2D eigenvalue weighted by Gasteiger charge is 2.44. The van der Waals surface area contributed by atoms with Gasteiger partial charge in [0.05, 0.1) is 11.0 Å². The first-order valence-electron chi connectivity index (χ1n) is 5.73. The van der Waals surface area contributed by atoms with Gasteiger partial charge in [-0.3, -0.25) is 4.79 Å². The number of amides is 1. The molecule has 1 fully saturated rings. The number of carbonyl (C=O) groups excluding carboxylic acids is 1. The quantitative estimate of drug-likeness (QED) is 0.858. The van der Waals surface area contributed by atoms with Gasteiger partial charge in [0, 0.05) is 5.69 Å². The van der Waals surface area contributed by atoms with Crippen LogP contribution >= 0.6 is 0 Å². The lowest BCUT2D eigenvalue weighted by Crippen LogP contribution is -2.40. The summed E-state index contributed by atoms with van der Waals surface area (Å²) in [5.74, 6) is -0.343. The van der Waals surface area contributed by atoms with Crippen molar-refractivity contribution in [1.29, 1.82) is 5.26 Å². The normalized spacial score (nSPS) is 17.1. The van der Waals surface area contributed by atoms with E-state index in [1.54, 1.807) is 0 Å². The molecule has 2 rings (SSSR count). The monoisotopic (exact) mass is 279 g/mol. The molecule has 0 aromatic heterocycles. The summed E-state index contributed by atoms with van der Waals surface area (Å²) in [6.45, 7) is 0. The van der Waals surface area contributed by atoms with Crippen LogP contribution in [0.1, 0.15) is 19.3 Å². The topological polar surface area (TPSA) is 113 Å². The first kappa shape index (κ1) is 13.5. The number of primary sulfonamides is 1. The zero-order chi connectivity index (χ0) is 14.1. The fourth-order valence-electron chi connectivity index (χ4n) is 1.90. The van der Waals surface area contributed by atoms with Gasteiger partial charge in [0.1, 0.15) is 5.41 Å². The van der Waals surface area contributed by atoms with Gasteiger partial charge < -0.3 is 5.32 Å². The molecule has 1 saturated carbocycles. The van der Waals surface area contributed by atoms with Crippen LogP contribution in [0.4, 0.5) is 5.69 Å². The van der Waals surface area contributed by atoms with Crippen molar-refractivity contribution in [1.82, 2.24) is 0 Å². The average molecular weight is 279 g/mol. The molecule has 100 valence electrons. The molecule has 1 aliphatic rings. The van der Waals surface area contributed by atoms with E-state index in [0.29, 0.717) is 18.5 Å². The second kappa shape index (κ2) is 4.64. The Morgan fingerprint density at radius 3 is 2.26 bits per heavy atom. The molecule has 1 aromatic rings. The highest BCUT2D eigenvalue weighted by Crippen LogP contribution is 2.41. The number of anilines is 1. The molecule has 0 aliphatic heterocycles. The second-order valence-electron chi connectivity index (χ2n) is 4.57. The summed E-state index contributed by atoms with van der Waals surface area (Å²) in [7, 11) is -3.74. The minimum absolute atomic E-state index is 0.0239. The highest BCUT2D eigenvalue weighted by molar-refractivity contribution is 7.89. The number of nitrogens with two attached hydrogens (primary N) is 1. The SMILES string of the molecule is N#CC1(C(=O)Nc2ccc(S(N)(=O)=O)cc2)CCC1. The van der Waals surface area contributed by atoms with Crippen LogP contribution in [0.25, 0.3) is 0 Å². The van der Waals surface area contributed by atoms with Crippen LogP contribution in [0.15, 0.2) is 29.2 Å². The maximum absolute atomic E-state index is 12.0. The molecule has 0 bridgehead atoms. The number of carbonyl (C=O) groups is 1. The van der Waals surface area contributed by atoms with Crippen molar-refractivity contribution in [2.24, 2.45) is 10.6 Å². The first-order chi connectivity index (χ1) is 8.87. The minimum atomic E-state index is -3.74. The van der Waals surface area contributed by atoms with Gasteiger partial charge in [-0.15, -0.1) is 0 Å². The van der Waals surface area contributed by atoms with Crippen LogP contribution in [-0.2, 0) is 14.8 Å². The number of nitrogens with one attached hydrogen (secondary N) is 1. The summed E-state index contributed by atoms with van der Waals surface area (Å²) in [4.78, 5) is 11.9. The Hall–Kier alpha value is -1.91. The summed E-state index contributed by atoms with van der Waals surface area (Å²) >= 11 is 0. The lowest BCUT2D eigenvalue weighted by atomic mass is 9.69. The van der Waals surface area contributed by atoms with E-state index >= 15 is 0 Å². The third-order valence-corrected chi connectivity index (χ3v) is 4.23. The minimum Gasteiger partial charge on any atom is -0.325 e. The van der Waals surface area contributed by atoms with Crippen molar-refractivity contribution < 1.29 is 13.2 Å². The van der Waals surface area contributed by atoms with E-state index in [4.69, 9.17) is 10.4 Å². The fourth-order valence-corrected chi connectivity index (χ4v) is 2.41. The number of sulfonamides is 1. The summed E-state index contributed by atoms with van der Waals surface area (Å²) in [5.41, 5.74) is -0.488. The smallest absolute Gasteiger partial charge is 0.244 e. The summed E-state index contributed by atoms with van der Waals surface area (Å²) < 4.78 is 22.1. The maximum Gasteiger partial charge on any atom is 0.244 e. The number of nitrogens with zero attached hydrogens (tertiary/aromatic N) is 1. The summed E-state index contributed by atoms with van der Waals surface area (Å²) in [5, 5.41) is 16.6. The predicted octanol–water partition coefficient (Wildman–Crippen LogP) is 0.966. The molecule has 0 radical (unpaired) electrons. The molecule has 0 spiro atoms. The number of benzene rings is 1. The lowest BCUT2D eigenvalue weighted by Gasteiger charge is -2.33. The predicted molar refractivity (Wildman–Crippen MR) is 68.3 cm³/mol. The highest BCUT2D eigenvalue weighted by atomic mass is 32.2. The first-order valence-corrected chi connectivity index (χ1v) is 7.28. The largest absolute Gasteiger partial charge is 0.325 e. The van der Waals surface area contributed by atoms with Gasteiger partial charge in [0.15, 0.2) is 0 Å². The Balaban J connectivity index is 2.13. The van der Waals surface area contributed by atoms with E-state index in [2.05, 4.69) is 5.32 Å². The Labute approximate surface area is 111 Å². The van der Waals surface area contributed by atoms with Crippen LogP contribution < -0.4 is 10.5 Å². The standard InChI is InChI=1S/C12H13N3O3S/c13-8-12(6-1-7-12)11(16)15-9-2-4-10(5-3-9)19(14,17)18/h2-5H,1,6-7H2,(H,15,16)(H2,14,17,18). The van der Waals surface area contributed by atoms with E-state index in [1.165, 1.54) is 24.3 Å². The molecule has 0 unspecified atom stereocenters. The molecule has 1 aliphatic carbocycles. The van der Waals surface area contributed by atoms with Crippen LogP contribution in [0.3, 0.4) is 0 Å². The molecular formula is C12H13N3O3S. The molecular weight excluding hydrogens is 266 g/mol. The molecule has 19 heavy (non-hydrogen) atoms. The van der Waals surface area contributed by atoms with Crippen molar-refractivity contribution in [3.63, 3.8) is 0 Å². The van der Waals surface area contributed by atoms with Gasteiger partial charge in [-0.25, -0.2) is 13.6 Å². The van der Waals surface area contributed by atoms with Crippen molar-refractivity contribution >= 4 is 21.6 Å². The van der Waals surface area contributed by atoms with Crippen molar-refractivity contribution in [2.45, 2.75) is 24.2 Å². The molecule has 1 amide bonds. The third kappa shape index (κ3) is 2.59. The zero-order valence-corrected chi connectivity index (χ0v) is 10.9. The summed E-state index contributed by atoms with van der Waals surface area (Å²) in [6, 6.07) is 7.55. The van der Waals surface area contributed by atoms with E-state index < -0.39 is 15.4 Å². The molecule has 6 nitrogen and oxygen atoms in total. The van der Waals surface area contributed by atoms with E-state index in [0.717, 1.165) is 6.42 Å². The molecule has 3 N–H and O–H groups in total. The average Bonchev–Trinajstić information content (AvgIpc) is 2.27.